The summed E-state index contributed by atoms with van der Waals surface area (Å²) < 4.78 is 42.0. The van der Waals surface area contributed by atoms with Crippen LogP contribution < -0.4 is 5.32 Å². The number of aromatic nitrogens is 4. The van der Waals surface area contributed by atoms with Gasteiger partial charge < -0.3 is 5.32 Å². The number of para-hydroxylation sites is 1. The number of aryl methyl sites for hydroxylation is 1. The van der Waals surface area contributed by atoms with Gasteiger partial charge in [0.15, 0.2) is 5.16 Å². The van der Waals surface area contributed by atoms with Crippen molar-refractivity contribution in [3.63, 3.8) is 0 Å². The molecule has 1 N–H and O–H groups in total. The highest BCUT2D eigenvalue weighted by Gasteiger charge is 2.34. The van der Waals surface area contributed by atoms with E-state index in [0.717, 1.165) is 23.5 Å². The summed E-state index contributed by atoms with van der Waals surface area (Å²) in [5.74, 6) is 0.0421. The number of nitrogens with one attached hydrogen (secondary N) is 1. The number of amides is 1. The third-order valence-corrected chi connectivity index (χ3v) is 5.76. The summed E-state index contributed by atoms with van der Waals surface area (Å²) >= 11 is 0.855. The van der Waals surface area contributed by atoms with Crippen LogP contribution in [0.1, 0.15) is 18.3 Å². The van der Waals surface area contributed by atoms with Gasteiger partial charge in [-0.15, -0.1) is 0 Å². The first-order valence-corrected chi connectivity index (χ1v) is 11.2. The third-order valence-electron chi connectivity index (χ3n) is 4.80. The Morgan fingerprint density at radius 1 is 1.00 bits per heavy atom. The topological polar surface area (TPSA) is 72.7 Å². The number of rotatable bonds is 6. The zero-order valence-electron chi connectivity index (χ0n) is 18.2. The van der Waals surface area contributed by atoms with Crippen molar-refractivity contribution in [2.45, 2.75) is 30.4 Å². The third kappa shape index (κ3) is 5.45. The van der Waals surface area contributed by atoms with Crippen molar-refractivity contribution in [1.29, 1.82) is 0 Å². The Kier molecular flexibility index (Phi) is 6.69. The molecule has 4 rings (SSSR count). The van der Waals surface area contributed by atoms with Gasteiger partial charge in [-0.2, -0.15) is 18.3 Å². The second-order valence-corrected chi connectivity index (χ2v) is 8.76. The highest BCUT2D eigenvalue weighted by molar-refractivity contribution is 8.00. The summed E-state index contributed by atoms with van der Waals surface area (Å²) in [7, 11) is 0. The van der Waals surface area contributed by atoms with Gasteiger partial charge in [0.05, 0.1) is 22.3 Å². The van der Waals surface area contributed by atoms with Gasteiger partial charge in [-0.1, -0.05) is 60.3 Å². The van der Waals surface area contributed by atoms with Crippen molar-refractivity contribution in [1.82, 2.24) is 19.7 Å². The molecule has 0 unspecified atom stereocenters. The van der Waals surface area contributed by atoms with E-state index < -0.39 is 23.0 Å². The van der Waals surface area contributed by atoms with Gasteiger partial charge in [0.2, 0.25) is 5.91 Å². The number of anilines is 1. The van der Waals surface area contributed by atoms with Crippen molar-refractivity contribution in [3.8, 4) is 16.9 Å². The Morgan fingerprint density at radius 2 is 1.65 bits per heavy atom. The van der Waals surface area contributed by atoms with E-state index in [-0.39, 0.29) is 10.9 Å². The fourth-order valence-corrected chi connectivity index (χ4v) is 3.96. The molecule has 0 saturated carbocycles. The number of carbonyl (C=O) groups excluding carboxylic acids is 1. The summed E-state index contributed by atoms with van der Waals surface area (Å²) in [5.41, 5.74) is 1.06. The van der Waals surface area contributed by atoms with Crippen molar-refractivity contribution in [3.05, 3.63) is 84.2 Å². The predicted molar refractivity (Wildman–Crippen MR) is 125 cm³/mol. The Balaban J connectivity index is 1.57. The van der Waals surface area contributed by atoms with Crippen LogP contribution in [0.2, 0.25) is 0 Å². The maximum absolute atomic E-state index is 13.5. The fourth-order valence-electron chi connectivity index (χ4n) is 3.17. The molecule has 2 heterocycles. The van der Waals surface area contributed by atoms with E-state index >= 15 is 0 Å². The lowest BCUT2D eigenvalue weighted by atomic mass is 10.1. The highest BCUT2D eigenvalue weighted by Crippen LogP contribution is 2.33. The van der Waals surface area contributed by atoms with E-state index in [9.17, 15) is 18.0 Å². The summed E-state index contributed by atoms with van der Waals surface area (Å²) in [6.45, 7) is 3.39. The lowest BCUT2D eigenvalue weighted by Gasteiger charge is -2.14. The Bertz CT molecular complexity index is 1290. The first-order valence-electron chi connectivity index (χ1n) is 10.3. The first kappa shape index (κ1) is 23.5. The van der Waals surface area contributed by atoms with Gasteiger partial charge in [-0.3, -0.25) is 4.79 Å². The molecule has 0 aliphatic heterocycles. The predicted octanol–water partition coefficient (Wildman–Crippen LogP) is 5.78. The minimum atomic E-state index is -4.65. The van der Waals surface area contributed by atoms with Gasteiger partial charge in [-0.25, -0.2) is 14.6 Å². The number of hydrogen-bond acceptors (Lipinski definition) is 5. The van der Waals surface area contributed by atoms with Crippen LogP contribution >= 0.6 is 11.8 Å². The van der Waals surface area contributed by atoms with Crippen LogP contribution in [0.25, 0.3) is 16.9 Å². The molecule has 2 aromatic heterocycles. The van der Waals surface area contributed by atoms with E-state index in [1.165, 1.54) is 0 Å². The van der Waals surface area contributed by atoms with E-state index in [1.807, 2.05) is 30.3 Å². The fraction of sp³-hybridized carbons (Fsp3) is 0.167. The molecule has 0 bridgehead atoms. The van der Waals surface area contributed by atoms with E-state index in [2.05, 4.69) is 20.4 Å². The van der Waals surface area contributed by atoms with Crippen LogP contribution in [0.5, 0.6) is 0 Å². The summed E-state index contributed by atoms with van der Waals surface area (Å²) in [6.07, 6.45) is -4.65. The normalized spacial score (nSPS) is 12.4. The second-order valence-electron chi connectivity index (χ2n) is 7.45. The van der Waals surface area contributed by atoms with Crippen LogP contribution in [0.3, 0.4) is 0 Å². The van der Waals surface area contributed by atoms with Crippen LogP contribution in [-0.2, 0) is 11.0 Å². The Hall–Kier alpha value is -3.66. The van der Waals surface area contributed by atoms with Gasteiger partial charge >= 0.3 is 6.18 Å². The zero-order valence-corrected chi connectivity index (χ0v) is 19.1. The quantitative estimate of drug-likeness (QED) is 0.278. The molecule has 0 aliphatic carbocycles. The van der Waals surface area contributed by atoms with Crippen molar-refractivity contribution in [2.24, 2.45) is 0 Å². The maximum Gasteiger partial charge on any atom is 0.433 e. The Morgan fingerprint density at radius 3 is 2.29 bits per heavy atom. The highest BCUT2D eigenvalue weighted by atomic mass is 32.2. The molecule has 1 atom stereocenters. The summed E-state index contributed by atoms with van der Waals surface area (Å²) in [6, 6.07) is 20.4. The number of nitrogens with zero attached hydrogens (tertiary/aromatic N) is 4. The van der Waals surface area contributed by atoms with E-state index in [4.69, 9.17) is 0 Å². The molecule has 4 aromatic rings. The minimum absolute atomic E-state index is 0.135. The van der Waals surface area contributed by atoms with E-state index in [1.54, 1.807) is 54.9 Å². The smallest absolute Gasteiger partial charge is 0.310 e. The lowest BCUT2D eigenvalue weighted by molar-refractivity contribution is -0.141. The number of hydrogen-bond donors (Lipinski definition) is 1. The van der Waals surface area contributed by atoms with Gasteiger partial charge in [0.1, 0.15) is 11.5 Å². The summed E-state index contributed by atoms with van der Waals surface area (Å²) in [4.78, 5) is 20.8. The molecule has 0 fully saturated rings. The molecule has 0 spiro atoms. The van der Waals surface area contributed by atoms with Crippen LogP contribution in [0.4, 0.5) is 19.0 Å². The molecule has 174 valence electrons. The minimum Gasteiger partial charge on any atom is -0.310 e. The molecule has 2 aromatic carbocycles. The number of benzene rings is 2. The maximum atomic E-state index is 13.5. The number of alkyl halides is 3. The summed E-state index contributed by atoms with van der Waals surface area (Å²) in [5, 5.41) is 6.30. The SMILES string of the molecule is Cc1cc(NC(=O)[C@H](C)Sc2nc(-c3ccccc3)cc(C(F)(F)F)n2)n(-c2ccccc2)n1. The lowest BCUT2D eigenvalue weighted by Crippen LogP contribution is -2.24. The van der Waals surface area contributed by atoms with Crippen molar-refractivity contribution >= 4 is 23.5 Å². The van der Waals surface area contributed by atoms with Crippen LogP contribution in [-0.4, -0.2) is 30.9 Å². The molecule has 0 radical (unpaired) electrons. The number of halogens is 3. The van der Waals surface area contributed by atoms with Crippen LogP contribution in [0, 0.1) is 6.92 Å². The molecule has 6 nitrogen and oxygen atoms in total. The molecule has 1 amide bonds. The largest absolute Gasteiger partial charge is 0.433 e. The van der Waals surface area contributed by atoms with Gasteiger partial charge in [-0.05, 0) is 32.0 Å². The first-order chi connectivity index (χ1) is 16.2. The molecule has 10 heteroatoms. The zero-order chi connectivity index (χ0) is 24.3. The molecular weight excluding hydrogens is 463 g/mol. The molecule has 0 saturated heterocycles. The molecular formula is C24H20F3N5OS. The van der Waals surface area contributed by atoms with Gasteiger partial charge in [0, 0.05) is 11.6 Å². The molecule has 34 heavy (non-hydrogen) atoms. The number of thioether (sulfide) groups is 1. The average Bonchev–Trinajstić information content (AvgIpc) is 3.19. The number of carbonyl (C=O) groups is 1. The van der Waals surface area contributed by atoms with Gasteiger partial charge in [0.25, 0.3) is 0 Å². The monoisotopic (exact) mass is 483 g/mol. The van der Waals surface area contributed by atoms with Crippen molar-refractivity contribution < 1.29 is 18.0 Å². The second kappa shape index (κ2) is 9.68. The average molecular weight is 484 g/mol. The van der Waals surface area contributed by atoms with Crippen molar-refractivity contribution in [2.75, 3.05) is 5.32 Å². The Labute approximate surface area is 198 Å². The molecule has 0 aliphatic rings. The standard InChI is InChI=1S/C24H20F3N5OS/c1-15-13-21(32(31-15)18-11-7-4-8-12-18)30-22(33)16(2)34-23-28-19(17-9-5-3-6-10-17)14-20(29-23)24(25,26)27/h3-14,16H,1-2H3,(H,30,33)/t16-/m0/s1. The van der Waals surface area contributed by atoms with E-state index in [0.29, 0.717) is 17.1 Å². The van der Waals surface area contributed by atoms with Crippen LogP contribution in [0.15, 0.2) is 78.0 Å².